The summed E-state index contributed by atoms with van der Waals surface area (Å²) in [6.45, 7) is 2.28. The highest BCUT2D eigenvalue weighted by molar-refractivity contribution is 7.17. The second-order valence-corrected chi connectivity index (χ2v) is 9.05. The number of ether oxygens (including phenoxy) is 2. The number of nitrogens with zero attached hydrogens (tertiary/aromatic N) is 5. The molecule has 1 aliphatic rings. The smallest absolute Gasteiger partial charge is 0.300 e. The Morgan fingerprint density at radius 1 is 1.27 bits per heavy atom. The number of nitriles is 1. The lowest BCUT2D eigenvalue weighted by molar-refractivity contribution is -0.136. The Balaban J connectivity index is 1.58. The average Bonchev–Trinajstić information content (AvgIpc) is 3.27. The maximum Gasteiger partial charge on any atom is 0.300 e. The minimum atomic E-state index is -3.28. The van der Waals surface area contributed by atoms with Crippen LogP contribution in [0.5, 0.6) is 5.75 Å². The van der Waals surface area contributed by atoms with Crippen LogP contribution in [0.3, 0.4) is 0 Å². The molecule has 37 heavy (non-hydrogen) atoms. The maximum absolute atomic E-state index is 13.7. The molecule has 1 saturated heterocycles. The van der Waals surface area contributed by atoms with Crippen LogP contribution in [0.2, 0.25) is 0 Å². The summed E-state index contributed by atoms with van der Waals surface area (Å²) in [7, 11) is 1.39. The van der Waals surface area contributed by atoms with E-state index >= 15 is 0 Å². The van der Waals surface area contributed by atoms with Gasteiger partial charge in [-0.05, 0) is 24.6 Å². The van der Waals surface area contributed by atoms with Crippen molar-refractivity contribution in [2.45, 2.75) is 25.1 Å². The van der Waals surface area contributed by atoms with Gasteiger partial charge >= 0.3 is 0 Å². The largest absolute Gasteiger partial charge is 0.491 e. The van der Waals surface area contributed by atoms with Crippen molar-refractivity contribution in [2.75, 3.05) is 38.2 Å². The number of carbonyl (C=O) groups is 2. The van der Waals surface area contributed by atoms with Crippen molar-refractivity contribution in [1.82, 2.24) is 19.7 Å². The number of halogens is 2. The summed E-state index contributed by atoms with van der Waals surface area (Å²) >= 11 is 0. The number of hydrogen-bond donors (Lipinski definition) is 1. The van der Waals surface area contributed by atoms with E-state index in [1.54, 1.807) is 23.2 Å². The number of aromatic nitrogens is 3. The van der Waals surface area contributed by atoms with E-state index in [4.69, 9.17) is 14.7 Å². The first-order valence-corrected chi connectivity index (χ1v) is 12.1. The van der Waals surface area contributed by atoms with Crippen LogP contribution in [0.25, 0.3) is 10.9 Å². The first-order chi connectivity index (χ1) is 17.7. The summed E-state index contributed by atoms with van der Waals surface area (Å²) < 4.78 is 39.9. The van der Waals surface area contributed by atoms with E-state index in [0.29, 0.717) is 50.0 Å². The zero-order chi connectivity index (χ0) is 26.4. The van der Waals surface area contributed by atoms with Gasteiger partial charge in [0.1, 0.15) is 23.7 Å². The van der Waals surface area contributed by atoms with Gasteiger partial charge in [-0.2, -0.15) is 19.1 Å². The van der Waals surface area contributed by atoms with E-state index < -0.39 is 17.3 Å². The van der Waals surface area contributed by atoms with Gasteiger partial charge in [-0.3, -0.25) is 14.3 Å². The molecule has 3 aromatic rings. The highest BCUT2D eigenvalue weighted by Gasteiger charge is 2.27. The van der Waals surface area contributed by atoms with Crippen LogP contribution in [0, 0.1) is 11.3 Å². The number of benzene rings is 1. The van der Waals surface area contributed by atoms with Crippen molar-refractivity contribution < 1.29 is 27.8 Å². The fourth-order valence-corrected chi connectivity index (χ4v) is 3.88. The Bertz CT molecular complexity index is 1330. The predicted octanol–water partition coefficient (Wildman–Crippen LogP) is 3.15. The minimum Gasteiger partial charge on any atom is -0.491 e. The summed E-state index contributed by atoms with van der Waals surface area (Å²) in [4.78, 5) is 31.0. The van der Waals surface area contributed by atoms with Crippen LogP contribution < -0.4 is 10.1 Å². The number of rotatable bonds is 9. The van der Waals surface area contributed by atoms with E-state index in [-0.39, 0.29) is 36.2 Å². The monoisotopic (exact) mass is 530 g/mol. The van der Waals surface area contributed by atoms with Crippen LogP contribution in [0.1, 0.15) is 29.0 Å². The van der Waals surface area contributed by atoms with E-state index in [9.17, 15) is 18.4 Å². The molecule has 0 aliphatic carbocycles. The first kappa shape index (κ1) is 26.4. The summed E-state index contributed by atoms with van der Waals surface area (Å²) in [5.74, 6) is -0.502. The van der Waals surface area contributed by atoms with Crippen molar-refractivity contribution in [2.24, 2.45) is 0 Å². The van der Waals surface area contributed by atoms with Gasteiger partial charge in [0.25, 0.3) is 11.6 Å². The number of pyridine rings is 1. The molecule has 1 N–H and O–H groups in total. The third kappa shape index (κ3) is 6.76. The number of morpholine rings is 1. The Labute approximate surface area is 213 Å². The molecule has 10 nitrogen and oxygen atoms in total. The molecule has 2 amide bonds. The Morgan fingerprint density at radius 2 is 2.05 bits per heavy atom. The van der Waals surface area contributed by atoms with Crippen molar-refractivity contribution in [3.8, 4) is 11.8 Å². The van der Waals surface area contributed by atoms with Gasteiger partial charge in [-0.1, -0.05) is 15.3 Å². The molecule has 0 spiro atoms. The molecule has 1 unspecified atom stereocenters. The van der Waals surface area contributed by atoms with E-state index in [1.807, 2.05) is 6.07 Å². The Morgan fingerprint density at radius 3 is 2.78 bits per heavy atom. The lowest BCUT2D eigenvalue weighted by Crippen LogP contribution is -2.42. The van der Waals surface area contributed by atoms with Crippen molar-refractivity contribution >= 4 is 37.6 Å². The van der Waals surface area contributed by atoms with E-state index in [0.717, 1.165) is 6.07 Å². The molecule has 1 atom stereocenters. The number of nitrogens with one attached hydrogen (secondary N) is 1. The molecule has 194 valence electrons. The molecule has 2 aromatic heterocycles. The van der Waals surface area contributed by atoms with Crippen LogP contribution in [-0.4, -0.2) is 64.4 Å². The van der Waals surface area contributed by atoms with Gasteiger partial charge < -0.3 is 19.7 Å². The predicted molar refractivity (Wildman–Crippen MR) is 133 cm³/mol. The lowest BCUT2D eigenvalue weighted by atomic mass is 10.2. The van der Waals surface area contributed by atoms with Crippen molar-refractivity contribution in [1.29, 1.82) is 5.26 Å². The third-order valence-electron chi connectivity index (χ3n) is 5.58. The van der Waals surface area contributed by atoms with Crippen LogP contribution in [-0.2, 0) is 21.7 Å². The molecule has 1 aromatic carbocycles. The summed E-state index contributed by atoms with van der Waals surface area (Å²) in [5.41, 5.74) is -3.22. The second-order valence-electron chi connectivity index (χ2n) is 8.32. The number of hydrogen-bond acceptors (Lipinski definition) is 7. The number of alkyl halides is 2. The normalized spacial score (nSPS) is 13.8. The molecule has 0 bridgehead atoms. The topological polar surface area (TPSA) is 122 Å². The SMILES string of the molecule is N#CCCCOc1cc2nn(CC(=O)N3CCOCC3)cc2cc1NC(=O)c1cccc(C(F)(F)P)n1. The Hall–Kier alpha value is -3.68. The molecule has 4 rings (SSSR count). The summed E-state index contributed by atoms with van der Waals surface area (Å²) in [5, 5.41) is 16.5. The molecule has 3 heterocycles. The molecule has 0 radical (unpaired) electrons. The van der Waals surface area contributed by atoms with Crippen LogP contribution in [0.15, 0.2) is 36.5 Å². The average molecular weight is 530 g/mol. The maximum atomic E-state index is 13.7. The van der Waals surface area contributed by atoms with Crippen molar-refractivity contribution in [3.05, 3.63) is 47.9 Å². The van der Waals surface area contributed by atoms with Crippen LogP contribution in [0.4, 0.5) is 14.5 Å². The quantitative estimate of drug-likeness (QED) is 0.333. The molecule has 13 heteroatoms. The van der Waals surface area contributed by atoms with Gasteiger partial charge in [0, 0.05) is 37.2 Å². The fraction of sp³-hybridized carbons (Fsp3) is 0.375. The molecule has 0 saturated carbocycles. The highest BCUT2D eigenvalue weighted by atomic mass is 31.0. The number of amides is 2. The second kappa shape index (κ2) is 11.6. The molecular formula is C24H25F2N6O4P. The number of unbranched alkanes of at least 4 members (excludes halogenated alkanes) is 1. The number of carbonyl (C=O) groups excluding carboxylic acids is 2. The summed E-state index contributed by atoms with van der Waals surface area (Å²) in [6, 6.07) is 9.07. The van der Waals surface area contributed by atoms with E-state index in [1.165, 1.54) is 26.1 Å². The molecular weight excluding hydrogens is 505 g/mol. The standard InChI is InChI=1S/C24H25F2N6O4P/c25-24(26,37)21-5-3-4-17(28-21)23(34)29-19-12-16-14-32(15-22(33)31-7-10-35-11-8-31)30-18(16)13-20(19)36-9-2-1-6-27/h3-5,12-14H,1-2,7-11,15,37H2,(H,29,34). The van der Waals surface area contributed by atoms with E-state index in [2.05, 4.69) is 15.4 Å². The number of anilines is 1. The highest BCUT2D eigenvalue weighted by Crippen LogP contribution is 2.34. The first-order valence-electron chi connectivity index (χ1n) is 11.6. The zero-order valence-electron chi connectivity index (χ0n) is 19.8. The summed E-state index contributed by atoms with van der Waals surface area (Å²) in [6.07, 6.45) is 2.44. The van der Waals surface area contributed by atoms with Gasteiger partial charge in [-0.15, -0.1) is 0 Å². The van der Waals surface area contributed by atoms with Crippen LogP contribution >= 0.6 is 9.24 Å². The van der Waals surface area contributed by atoms with Gasteiger partial charge in [0.05, 0.1) is 37.1 Å². The van der Waals surface area contributed by atoms with Crippen molar-refractivity contribution in [3.63, 3.8) is 0 Å². The molecule has 1 fully saturated rings. The minimum absolute atomic E-state index is 0.0364. The van der Waals surface area contributed by atoms with Gasteiger partial charge in [0.15, 0.2) is 0 Å². The van der Waals surface area contributed by atoms with Gasteiger partial charge in [0.2, 0.25) is 5.91 Å². The Kier molecular flexibility index (Phi) is 8.26. The fourth-order valence-electron chi connectivity index (χ4n) is 3.72. The van der Waals surface area contributed by atoms with Gasteiger partial charge in [-0.25, -0.2) is 4.98 Å². The molecule has 1 aliphatic heterocycles. The third-order valence-corrected chi connectivity index (χ3v) is 5.87. The number of fused-ring (bicyclic) bond motifs is 1. The zero-order valence-corrected chi connectivity index (χ0v) is 21.0. The lowest BCUT2D eigenvalue weighted by Gasteiger charge is -2.26.